The highest BCUT2D eigenvalue weighted by Crippen LogP contribution is 2.34. The van der Waals surface area contributed by atoms with E-state index in [-0.39, 0.29) is 9.80 Å². The Morgan fingerprint density at radius 2 is 1.81 bits per heavy atom. The van der Waals surface area contributed by atoms with E-state index in [4.69, 9.17) is 9.47 Å². The maximum Gasteiger partial charge on any atom is 0.216 e. The van der Waals surface area contributed by atoms with Crippen LogP contribution < -0.4 is 9.47 Å². The minimum Gasteiger partial charge on any atom is -0.490 e. The van der Waals surface area contributed by atoms with Gasteiger partial charge in [0.2, 0.25) is 9.84 Å². The van der Waals surface area contributed by atoms with E-state index in [9.17, 15) is 13.7 Å². The Labute approximate surface area is 160 Å². The van der Waals surface area contributed by atoms with Crippen LogP contribution in [-0.4, -0.2) is 21.6 Å². The van der Waals surface area contributed by atoms with Crippen molar-refractivity contribution in [3.05, 3.63) is 58.5 Å². The van der Waals surface area contributed by atoms with E-state index >= 15 is 0 Å². The number of sulfone groups is 1. The highest BCUT2D eigenvalue weighted by Gasteiger charge is 2.22. The number of hydrogen-bond donors (Lipinski definition) is 0. The molecule has 27 heavy (non-hydrogen) atoms. The van der Waals surface area contributed by atoms with Gasteiger partial charge in [-0.1, -0.05) is 36.8 Å². The molecule has 5 nitrogen and oxygen atoms in total. The van der Waals surface area contributed by atoms with E-state index in [0.717, 1.165) is 12.0 Å². The van der Waals surface area contributed by atoms with Crippen LogP contribution in [0.25, 0.3) is 6.08 Å². The molecule has 0 aliphatic rings. The van der Waals surface area contributed by atoms with Gasteiger partial charge >= 0.3 is 0 Å². The van der Waals surface area contributed by atoms with Crippen molar-refractivity contribution < 1.29 is 17.9 Å². The molecule has 6 heteroatoms. The summed E-state index contributed by atoms with van der Waals surface area (Å²) in [5.41, 5.74) is 1.43. The van der Waals surface area contributed by atoms with Crippen molar-refractivity contribution in [1.82, 2.24) is 0 Å². The third-order valence-corrected chi connectivity index (χ3v) is 5.46. The van der Waals surface area contributed by atoms with Gasteiger partial charge in [0.05, 0.1) is 18.1 Å². The van der Waals surface area contributed by atoms with E-state index in [1.165, 1.54) is 18.2 Å². The molecule has 0 fully saturated rings. The molecule has 0 aliphatic heterocycles. The van der Waals surface area contributed by atoms with E-state index in [0.29, 0.717) is 30.3 Å². The average molecular weight is 385 g/mol. The van der Waals surface area contributed by atoms with Crippen LogP contribution in [0.1, 0.15) is 31.4 Å². The number of para-hydroxylation sites is 1. The number of allylic oxidation sites excluding steroid dienone is 1. The maximum absolute atomic E-state index is 12.9. The lowest BCUT2D eigenvalue weighted by Crippen LogP contribution is -2.05. The zero-order valence-corrected chi connectivity index (χ0v) is 16.5. The third kappa shape index (κ3) is 4.89. The standard InChI is InChI=1S/C21H23NO4S/c1-4-13-26-21-17(7-6-8-20(21)25-5-2)14-19(15-22)27(23,24)18-11-9-16(3)10-12-18/h6-12,14H,4-5,13H2,1-3H3. The normalized spacial score (nSPS) is 11.7. The van der Waals surface area contributed by atoms with Crippen molar-refractivity contribution in [2.45, 2.75) is 32.1 Å². The predicted octanol–water partition coefficient (Wildman–Crippen LogP) is 4.52. The summed E-state index contributed by atoms with van der Waals surface area (Å²) in [6, 6.07) is 13.4. The molecule has 2 rings (SSSR count). The third-order valence-electron chi connectivity index (χ3n) is 3.78. The van der Waals surface area contributed by atoms with Crippen molar-refractivity contribution >= 4 is 15.9 Å². The second kappa shape index (κ2) is 9.24. The van der Waals surface area contributed by atoms with Gasteiger partial charge in [-0.3, -0.25) is 0 Å². The highest BCUT2D eigenvalue weighted by atomic mass is 32.2. The summed E-state index contributed by atoms with van der Waals surface area (Å²) in [6.45, 7) is 6.60. The Balaban J connectivity index is 2.55. The van der Waals surface area contributed by atoms with Gasteiger partial charge in [0.1, 0.15) is 11.0 Å². The Bertz CT molecular complexity index is 955. The first-order valence-electron chi connectivity index (χ1n) is 8.76. The first-order chi connectivity index (χ1) is 12.9. The number of nitriles is 1. The molecular weight excluding hydrogens is 362 g/mol. The van der Waals surface area contributed by atoms with E-state index in [1.54, 1.807) is 30.3 Å². The minimum absolute atomic E-state index is 0.0814. The Morgan fingerprint density at radius 3 is 2.41 bits per heavy atom. The Kier molecular flexibility index (Phi) is 7.03. The van der Waals surface area contributed by atoms with Gasteiger partial charge < -0.3 is 9.47 Å². The van der Waals surface area contributed by atoms with Crippen molar-refractivity contribution in [2.75, 3.05) is 13.2 Å². The molecule has 0 bridgehead atoms. The summed E-state index contributed by atoms with van der Waals surface area (Å²) in [5, 5.41) is 9.51. The van der Waals surface area contributed by atoms with Crippen LogP contribution in [0.5, 0.6) is 11.5 Å². The number of rotatable bonds is 8. The minimum atomic E-state index is -3.92. The first-order valence-corrected chi connectivity index (χ1v) is 10.2. The molecule has 0 radical (unpaired) electrons. The summed E-state index contributed by atoms with van der Waals surface area (Å²) in [6.07, 6.45) is 2.12. The topological polar surface area (TPSA) is 76.4 Å². The smallest absolute Gasteiger partial charge is 0.216 e. The predicted molar refractivity (Wildman–Crippen MR) is 105 cm³/mol. The van der Waals surface area contributed by atoms with Crippen molar-refractivity contribution in [3.8, 4) is 17.6 Å². The number of hydrogen-bond acceptors (Lipinski definition) is 5. The molecule has 142 valence electrons. The fraction of sp³-hybridized carbons (Fsp3) is 0.286. The van der Waals surface area contributed by atoms with Crippen LogP contribution >= 0.6 is 0 Å². The quantitative estimate of drug-likeness (QED) is 0.624. The summed E-state index contributed by atoms with van der Waals surface area (Å²) in [7, 11) is -3.92. The molecule has 0 heterocycles. The largest absolute Gasteiger partial charge is 0.490 e. The van der Waals surface area contributed by atoms with Crippen LogP contribution in [0.4, 0.5) is 0 Å². The Hall–Kier alpha value is -2.78. The number of benzene rings is 2. The van der Waals surface area contributed by atoms with Gasteiger partial charge in [0.15, 0.2) is 11.5 Å². The lowest BCUT2D eigenvalue weighted by molar-refractivity contribution is 0.276. The van der Waals surface area contributed by atoms with Gasteiger partial charge in [-0.05, 0) is 44.5 Å². The van der Waals surface area contributed by atoms with Gasteiger partial charge in [-0.15, -0.1) is 0 Å². The van der Waals surface area contributed by atoms with E-state index < -0.39 is 9.84 Å². The molecule has 2 aromatic rings. The van der Waals surface area contributed by atoms with Crippen LogP contribution in [0.3, 0.4) is 0 Å². The fourth-order valence-corrected chi connectivity index (χ4v) is 3.58. The SMILES string of the molecule is CCCOc1c(C=C(C#N)S(=O)(=O)c2ccc(C)cc2)cccc1OCC. The molecule has 0 atom stereocenters. The van der Waals surface area contributed by atoms with Crippen LogP contribution in [0.2, 0.25) is 0 Å². The van der Waals surface area contributed by atoms with Crippen LogP contribution in [0, 0.1) is 18.3 Å². The molecule has 0 saturated carbocycles. The van der Waals surface area contributed by atoms with Crippen LogP contribution in [-0.2, 0) is 9.84 Å². The Morgan fingerprint density at radius 1 is 1.11 bits per heavy atom. The molecule has 0 saturated heterocycles. The van der Waals surface area contributed by atoms with Crippen molar-refractivity contribution in [1.29, 1.82) is 5.26 Å². The zero-order chi connectivity index (χ0) is 19.9. The van der Waals surface area contributed by atoms with Gasteiger partial charge in [-0.25, -0.2) is 8.42 Å². The summed E-state index contributed by atoms with van der Waals surface area (Å²) < 4.78 is 37.1. The van der Waals surface area contributed by atoms with Crippen molar-refractivity contribution in [2.24, 2.45) is 0 Å². The summed E-state index contributed by atoms with van der Waals surface area (Å²) in [4.78, 5) is -0.265. The van der Waals surface area contributed by atoms with Crippen molar-refractivity contribution in [3.63, 3.8) is 0 Å². The second-order valence-electron chi connectivity index (χ2n) is 5.89. The maximum atomic E-state index is 12.9. The van der Waals surface area contributed by atoms with E-state index in [2.05, 4.69) is 0 Å². The number of nitrogens with zero attached hydrogens (tertiary/aromatic N) is 1. The second-order valence-corrected chi connectivity index (χ2v) is 7.81. The first kappa shape index (κ1) is 20.5. The zero-order valence-electron chi connectivity index (χ0n) is 15.7. The molecule has 0 aliphatic carbocycles. The molecule has 0 unspecified atom stereocenters. The molecule has 0 amide bonds. The van der Waals surface area contributed by atoms with Gasteiger partial charge in [-0.2, -0.15) is 5.26 Å². The number of ether oxygens (including phenoxy) is 2. The lowest BCUT2D eigenvalue weighted by Gasteiger charge is -2.14. The average Bonchev–Trinajstić information content (AvgIpc) is 2.65. The van der Waals surface area contributed by atoms with Crippen LogP contribution in [0.15, 0.2) is 52.3 Å². The molecule has 2 aromatic carbocycles. The number of aryl methyl sites for hydroxylation is 1. The molecular formula is C21H23NO4S. The van der Waals surface area contributed by atoms with Gasteiger partial charge in [0, 0.05) is 5.56 Å². The lowest BCUT2D eigenvalue weighted by atomic mass is 10.1. The van der Waals surface area contributed by atoms with Gasteiger partial charge in [0.25, 0.3) is 0 Å². The highest BCUT2D eigenvalue weighted by molar-refractivity contribution is 7.95. The monoisotopic (exact) mass is 385 g/mol. The fourth-order valence-electron chi connectivity index (χ4n) is 2.43. The summed E-state index contributed by atoms with van der Waals surface area (Å²) >= 11 is 0. The molecule has 0 N–H and O–H groups in total. The molecule has 0 aromatic heterocycles. The summed E-state index contributed by atoms with van der Waals surface area (Å²) in [5.74, 6) is 0.956. The molecule has 0 spiro atoms. The van der Waals surface area contributed by atoms with E-state index in [1.807, 2.05) is 26.8 Å².